The molecule has 0 amide bonds. The normalized spacial score (nSPS) is 36.2. The maximum absolute atomic E-state index is 3.87. The molecule has 0 bridgehead atoms. The number of rotatable bonds is 7. The molecule has 3 rings (SSSR count). The minimum absolute atomic E-state index is 0.712. The van der Waals surface area contributed by atoms with Crippen LogP contribution >= 0.6 is 0 Å². The van der Waals surface area contributed by atoms with Crippen molar-refractivity contribution in [3.05, 3.63) is 0 Å². The van der Waals surface area contributed by atoms with Crippen molar-refractivity contribution >= 4 is 0 Å². The number of hydrogen-bond acceptors (Lipinski definition) is 1. The molecule has 19 heavy (non-hydrogen) atoms. The first kappa shape index (κ1) is 13.9. The van der Waals surface area contributed by atoms with Gasteiger partial charge in [-0.3, -0.25) is 0 Å². The summed E-state index contributed by atoms with van der Waals surface area (Å²) in [6.45, 7) is 3.68. The van der Waals surface area contributed by atoms with Crippen LogP contribution in [-0.4, -0.2) is 12.6 Å². The standard InChI is InChI=1S/C18H33N/c1-2-3-5-15-10-12-18(13-11-15,16-6-4-7-16)14-19-17-8-9-17/h15-17,19H,2-14H2,1H3. The summed E-state index contributed by atoms with van der Waals surface area (Å²) in [5, 5.41) is 3.87. The maximum atomic E-state index is 3.87. The average molecular weight is 263 g/mol. The van der Waals surface area contributed by atoms with Gasteiger partial charge in [0.2, 0.25) is 0 Å². The van der Waals surface area contributed by atoms with Gasteiger partial charge in [0.1, 0.15) is 0 Å². The van der Waals surface area contributed by atoms with Crippen LogP contribution < -0.4 is 5.32 Å². The summed E-state index contributed by atoms with van der Waals surface area (Å²) < 4.78 is 0. The topological polar surface area (TPSA) is 12.0 Å². The lowest BCUT2D eigenvalue weighted by Gasteiger charge is -2.50. The van der Waals surface area contributed by atoms with E-state index in [1.54, 1.807) is 0 Å². The van der Waals surface area contributed by atoms with E-state index in [1.807, 2.05) is 0 Å². The molecule has 0 aromatic rings. The Morgan fingerprint density at radius 3 is 2.26 bits per heavy atom. The number of unbranched alkanes of at least 4 members (excludes halogenated alkanes) is 1. The fourth-order valence-corrected chi connectivity index (χ4v) is 4.42. The first-order valence-electron chi connectivity index (χ1n) is 9.06. The second-order valence-electron chi connectivity index (χ2n) is 7.73. The fourth-order valence-electron chi connectivity index (χ4n) is 4.42. The quantitative estimate of drug-likeness (QED) is 0.688. The molecule has 0 radical (unpaired) electrons. The molecule has 110 valence electrons. The highest BCUT2D eigenvalue weighted by atomic mass is 15.0. The molecule has 0 aromatic carbocycles. The van der Waals surface area contributed by atoms with Gasteiger partial charge in [-0.15, -0.1) is 0 Å². The van der Waals surface area contributed by atoms with E-state index >= 15 is 0 Å². The Hall–Kier alpha value is -0.0400. The Balaban J connectivity index is 1.51. The third kappa shape index (κ3) is 3.35. The summed E-state index contributed by atoms with van der Waals surface area (Å²) in [6.07, 6.45) is 17.9. The van der Waals surface area contributed by atoms with E-state index < -0.39 is 0 Å². The molecule has 0 aliphatic heterocycles. The van der Waals surface area contributed by atoms with E-state index in [9.17, 15) is 0 Å². The summed E-state index contributed by atoms with van der Waals surface area (Å²) >= 11 is 0. The first-order chi connectivity index (χ1) is 9.32. The molecule has 0 spiro atoms. The Kier molecular flexibility index (Phi) is 4.51. The summed E-state index contributed by atoms with van der Waals surface area (Å²) in [4.78, 5) is 0. The Morgan fingerprint density at radius 1 is 1.00 bits per heavy atom. The van der Waals surface area contributed by atoms with E-state index in [1.165, 1.54) is 83.6 Å². The van der Waals surface area contributed by atoms with Crippen molar-refractivity contribution in [3.63, 3.8) is 0 Å². The Morgan fingerprint density at radius 2 is 1.74 bits per heavy atom. The monoisotopic (exact) mass is 263 g/mol. The second kappa shape index (κ2) is 6.16. The SMILES string of the molecule is CCCCC1CCC(CNC2CC2)(C2CCC2)CC1. The minimum Gasteiger partial charge on any atom is -0.313 e. The van der Waals surface area contributed by atoms with E-state index in [0.29, 0.717) is 5.41 Å². The third-order valence-electron chi connectivity index (χ3n) is 6.36. The van der Waals surface area contributed by atoms with Crippen molar-refractivity contribution in [3.8, 4) is 0 Å². The number of hydrogen-bond donors (Lipinski definition) is 1. The highest BCUT2D eigenvalue weighted by Gasteiger charge is 2.44. The maximum Gasteiger partial charge on any atom is 0.00684 e. The minimum atomic E-state index is 0.712. The zero-order valence-electron chi connectivity index (χ0n) is 12.9. The van der Waals surface area contributed by atoms with Crippen LogP contribution in [0.4, 0.5) is 0 Å². The van der Waals surface area contributed by atoms with Crippen molar-refractivity contribution in [1.29, 1.82) is 0 Å². The van der Waals surface area contributed by atoms with E-state index in [2.05, 4.69) is 12.2 Å². The smallest absolute Gasteiger partial charge is 0.00684 e. The fraction of sp³-hybridized carbons (Fsp3) is 1.00. The molecule has 0 unspecified atom stereocenters. The van der Waals surface area contributed by atoms with Gasteiger partial charge in [0.05, 0.1) is 0 Å². The molecule has 1 nitrogen and oxygen atoms in total. The highest BCUT2D eigenvalue weighted by molar-refractivity contribution is 4.97. The second-order valence-corrected chi connectivity index (χ2v) is 7.73. The lowest BCUT2D eigenvalue weighted by Crippen LogP contribution is -2.46. The zero-order valence-corrected chi connectivity index (χ0v) is 12.9. The van der Waals surface area contributed by atoms with Crippen LogP contribution in [0.3, 0.4) is 0 Å². The number of nitrogens with one attached hydrogen (secondary N) is 1. The molecule has 3 saturated carbocycles. The van der Waals surface area contributed by atoms with Crippen molar-refractivity contribution in [2.24, 2.45) is 17.3 Å². The predicted molar refractivity (Wildman–Crippen MR) is 82.3 cm³/mol. The van der Waals surface area contributed by atoms with Crippen molar-refractivity contribution in [2.75, 3.05) is 6.54 Å². The lowest BCUT2D eigenvalue weighted by atomic mass is 9.57. The Labute approximate surface area is 119 Å². The molecule has 0 heterocycles. The summed E-state index contributed by atoms with van der Waals surface area (Å²) in [6, 6.07) is 0.898. The molecule has 1 heteroatoms. The summed E-state index contributed by atoms with van der Waals surface area (Å²) in [7, 11) is 0. The van der Waals surface area contributed by atoms with E-state index in [-0.39, 0.29) is 0 Å². The Bertz CT molecular complexity index is 269. The highest BCUT2D eigenvalue weighted by Crippen LogP contribution is 2.52. The molecule has 0 atom stereocenters. The van der Waals surface area contributed by atoms with Crippen molar-refractivity contribution in [1.82, 2.24) is 5.32 Å². The van der Waals surface area contributed by atoms with Gasteiger partial charge in [-0.2, -0.15) is 0 Å². The average Bonchev–Trinajstić information content (AvgIpc) is 3.18. The molecular formula is C18H33N. The van der Waals surface area contributed by atoms with Crippen molar-refractivity contribution < 1.29 is 0 Å². The van der Waals surface area contributed by atoms with Crippen LogP contribution in [0.5, 0.6) is 0 Å². The predicted octanol–water partition coefficient (Wildman–Crippen LogP) is 4.91. The lowest BCUT2D eigenvalue weighted by molar-refractivity contribution is 0.0233. The van der Waals surface area contributed by atoms with Gasteiger partial charge in [0, 0.05) is 12.6 Å². The van der Waals surface area contributed by atoms with Gasteiger partial charge in [0.15, 0.2) is 0 Å². The van der Waals surface area contributed by atoms with Crippen LogP contribution in [0.15, 0.2) is 0 Å². The molecular weight excluding hydrogens is 230 g/mol. The van der Waals surface area contributed by atoms with Gasteiger partial charge >= 0.3 is 0 Å². The van der Waals surface area contributed by atoms with Gasteiger partial charge in [-0.25, -0.2) is 0 Å². The summed E-state index contributed by atoms with van der Waals surface area (Å²) in [5.41, 5.74) is 0.712. The van der Waals surface area contributed by atoms with Gasteiger partial charge in [0.25, 0.3) is 0 Å². The first-order valence-corrected chi connectivity index (χ1v) is 9.06. The molecule has 0 aromatic heterocycles. The van der Waals surface area contributed by atoms with Gasteiger partial charge < -0.3 is 5.32 Å². The van der Waals surface area contributed by atoms with Crippen molar-refractivity contribution in [2.45, 2.75) is 90.0 Å². The van der Waals surface area contributed by atoms with Crippen LogP contribution in [-0.2, 0) is 0 Å². The van der Waals surface area contributed by atoms with Crippen LogP contribution in [0.25, 0.3) is 0 Å². The summed E-state index contributed by atoms with van der Waals surface area (Å²) in [5.74, 6) is 2.14. The van der Waals surface area contributed by atoms with Crippen LogP contribution in [0.2, 0.25) is 0 Å². The van der Waals surface area contributed by atoms with E-state index in [4.69, 9.17) is 0 Å². The third-order valence-corrected chi connectivity index (χ3v) is 6.36. The van der Waals surface area contributed by atoms with E-state index in [0.717, 1.165) is 17.9 Å². The largest absolute Gasteiger partial charge is 0.313 e. The molecule has 1 N–H and O–H groups in total. The van der Waals surface area contributed by atoms with Gasteiger partial charge in [-0.1, -0.05) is 32.6 Å². The van der Waals surface area contributed by atoms with Crippen LogP contribution in [0, 0.1) is 17.3 Å². The van der Waals surface area contributed by atoms with Crippen LogP contribution in [0.1, 0.15) is 84.0 Å². The van der Waals surface area contributed by atoms with Gasteiger partial charge in [-0.05, 0) is 68.6 Å². The molecule has 3 fully saturated rings. The molecule has 3 aliphatic rings. The molecule has 0 saturated heterocycles. The zero-order chi connectivity index (χ0) is 13.1. The molecule has 3 aliphatic carbocycles.